The van der Waals surface area contributed by atoms with E-state index in [9.17, 15) is 0 Å². The summed E-state index contributed by atoms with van der Waals surface area (Å²) in [7, 11) is 0. The molecule has 1 aliphatic heterocycles. The summed E-state index contributed by atoms with van der Waals surface area (Å²) < 4.78 is 0. The maximum Gasteiger partial charge on any atom is 0.0144 e. The van der Waals surface area contributed by atoms with Gasteiger partial charge in [-0.25, -0.2) is 0 Å². The third-order valence-electron chi connectivity index (χ3n) is 3.68. The van der Waals surface area contributed by atoms with Crippen molar-refractivity contribution in [1.82, 2.24) is 5.32 Å². The van der Waals surface area contributed by atoms with E-state index >= 15 is 0 Å². The molecule has 0 aromatic heterocycles. The fourth-order valence-corrected chi connectivity index (χ4v) is 4.07. The Hall–Kier alpha value is -0.730. The highest BCUT2D eigenvalue weighted by Crippen LogP contribution is 2.42. The molecule has 0 bridgehead atoms. The largest absolute Gasteiger partial charge is 0.316 e. The molecular formula is C16H23NS. The van der Waals surface area contributed by atoms with E-state index in [0.717, 1.165) is 13.1 Å². The Balaban J connectivity index is 1.97. The normalized spacial score (nSPS) is 21.3. The lowest BCUT2D eigenvalue weighted by Crippen LogP contribution is -2.32. The summed E-state index contributed by atoms with van der Waals surface area (Å²) in [5.41, 5.74) is 1.72. The first-order chi connectivity index (χ1) is 8.67. The Bertz CT molecular complexity index is 390. The summed E-state index contributed by atoms with van der Waals surface area (Å²) in [6.07, 6.45) is 4.53. The second kappa shape index (κ2) is 5.94. The minimum Gasteiger partial charge on any atom is -0.316 e. The van der Waals surface area contributed by atoms with E-state index in [1.54, 1.807) is 0 Å². The Morgan fingerprint density at radius 3 is 2.94 bits per heavy atom. The minimum atomic E-state index is 0.204. The number of rotatable bonds is 6. The average molecular weight is 261 g/mol. The van der Waals surface area contributed by atoms with Gasteiger partial charge in [0.2, 0.25) is 0 Å². The SMILES string of the molecule is C=CC(C)(CNCC)CC1Cc2ccccc2S1. The molecule has 0 saturated carbocycles. The highest BCUT2D eigenvalue weighted by atomic mass is 32.2. The number of benzene rings is 1. The fraction of sp³-hybridized carbons (Fsp3) is 0.500. The molecule has 1 heterocycles. The predicted molar refractivity (Wildman–Crippen MR) is 81.3 cm³/mol. The van der Waals surface area contributed by atoms with Crippen molar-refractivity contribution in [2.45, 2.75) is 36.8 Å². The maximum absolute atomic E-state index is 4.03. The maximum atomic E-state index is 4.03. The Morgan fingerprint density at radius 1 is 1.50 bits per heavy atom. The lowest BCUT2D eigenvalue weighted by Gasteiger charge is -2.28. The Kier molecular flexibility index (Phi) is 4.52. The number of hydrogen-bond acceptors (Lipinski definition) is 2. The quantitative estimate of drug-likeness (QED) is 0.780. The topological polar surface area (TPSA) is 12.0 Å². The van der Waals surface area contributed by atoms with Crippen molar-refractivity contribution in [2.75, 3.05) is 13.1 Å². The van der Waals surface area contributed by atoms with Crippen LogP contribution in [0.5, 0.6) is 0 Å². The lowest BCUT2D eigenvalue weighted by molar-refractivity contribution is 0.364. The minimum absolute atomic E-state index is 0.204. The Labute approximate surface area is 115 Å². The van der Waals surface area contributed by atoms with Gasteiger partial charge in [-0.3, -0.25) is 0 Å². The predicted octanol–water partition coefficient (Wildman–Crippen LogP) is 3.90. The van der Waals surface area contributed by atoms with Gasteiger partial charge in [-0.1, -0.05) is 38.1 Å². The molecule has 2 atom stereocenters. The van der Waals surface area contributed by atoms with Crippen LogP contribution in [-0.2, 0) is 6.42 Å². The van der Waals surface area contributed by atoms with Crippen LogP contribution in [0.25, 0.3) is 0 Å². The lowest BCUT2D eigenvalue weighted by atomic mass is 9.84. The zero-order valence-corrected chi connectivity index (χ0v) is 12.2. The van der Waals surface area contributed by atoms with Gasteiger partial charge in [0.15, 0.2) is 0 Å². The summed E-state index contributed by atoms with van der Waals surface area (Å²) in [5, 5.41) is 4.15. The number of hydrogen-bond donors (Lipinski definition) is 1. The highest BCUT2D eigenvalue weighted by molar-refractivity contribution is 8.00. The van der Waals surface area contributed by atoms with Crippen LogP contribution < -0.4 is 5.32 Å². The molecule has 1 N–H and O–H groups in total. The van der Waals surface area contributed by atoms with E-state index in [0.29, 0.717) is 5.25 Å². The van der Waals surface area contributed by atoms with E-state index in [1.165, 1.54) is 23.3 Å². The van der Waals surface area contributed by atoms with Crippen LogP contribution in [0.2, 0.25) is 0 Å². The van der Waals surface area contributed by atoms with Crippen LogP contribution in [0.4, 0.5) is 0 Å². The number of nitrogens with one attached hydrogen (secondary N) is 1. The first-order valence-electron chi connectivity index (χ1n) is 6.76. The molecule has 1 nitrogen and oxygen atoms in total. The van der Waals surface area contributed by atoms with Gasteiger partial charge in [0, 0.05) is 16.7 Å². The molecule has 1 aliphatic rings. The Morgan fingerprint density at radius 2 is 2.28 bits per heavy atom. The van der Waals surface area contributed by atoms with Crippen molar-refractivity contribution >= 4 is 11.8 Å². The van der Waals surface area contributed by atoms with Crippen LogP contribution in [0.15, 0.2) is 41.8 Å². The fourth-order valence-electron chi connectivity index (χ4n) is 2.53. The summed E-state index contributed by atoms with van der Waals surface area (Å²) >= 11 is 2.04. The first kappa shape index (κ1) is 13.7. The summed E-state index contributed by atoms with van der Waals surface area (Å²) in [6.45, 7) is 10.6. The van der Waals surface area contributed by atoms with E-state index in [-0.39, 0.29) is 5.41 Å². The summed E-state index contributed by atoms with van der Waals surface area (Å²) in [6, 6.07) is 8.79. The molecule has 0 aliphatic carbocycles. The molecule has 0 fully saturated rings. The van der Waals surface area contributed by atoms with Crippen molar-refractivity contribution in [1.29, 1.82) is 0 Å². The van der Waals surface area contributed by atoms with E-state index in [1.807, 2.05) is 11.8 Å². The van der Waals surface area contributed by atoms with Crippen molar-refractivity contribution in [2.24, 2.45) is 5.41 Å². The zero-order chi connectivity index (χ0) is 13.0. The van der Waals surface area contributed by atoms with Gasteiger partial charge in [0.05, 0.1) is 0 Å². The standard InChI is InChI=1S/C16H23NS/c1-4-16(3,12-17-5-2)11-14-10-13-8-6-7-9-15(13)18-14/h4,6-9,14,17H,1,5,10-12H2,2-3H3. The van der Waals surface area contributed by atoms with Gasteiger partial charge in [0.1, 0.15) is 0 Å². The smallest absolute Gasteiger partial charge is 0.0144 e. The van der Waals surface area contributed by atoms with E-state index in [2.05, 4.69) is 56.1 Å². The average Bonchev–Trinajstić information content (AvgIpc) is 2.78. The van der Waals surface area contributed by atoms with E-state index < -0.39 is 0 Å². The molecule has 1 aromatic carbocycles. The molecule has 2 rings (SSSR count). The molecule has 0 saturated heterocycles. The van der Waals surface area contributed by atoms with Gasteiger partial charge in [0.25, 0.3) is 0 Å². The van der Waals surface area contributed by atoms with Crippen molar-refractivity contribution in [3.8, 4) is 0 Å². The second-order valence-corrected chi connectivity index (χ2v) is 6.74. The molecule has 1 aromatic rings. The third-order valence-corrected chi connectivity index (χ3v) is 5.00. The third kappa shape index (κ3) is 3.18. The van der Waals surface area contributed by atoms with Crippen LogP contribution in [-0.4, -0.2) is 18.3 Å². The van der Waals surface area contributed by atoms with Crippen molar-refractivity contribution in [3.05, 3.63) is 42.5 Å². The molecular weight excluding hydrogens is 238 g/mol. The molecule has 0 spiro atoms. The van der Waals surface area contributed by atoms with Gasteiger partial charge in [-0.2, -0.15) is 0 Å². The number of thioether (sulfide) groups is 1. The first-order valence-corrected chi connectivity index (χ1v) is 7.64. The molecule has 0 radical (unpaired) electrons. The number of fused-ring (bicyclic) bond motifs is 1. The molecule has 98 valence electrons. The monoisotopic (exact) mass is 261 g/mol. The van der Waals surface area contributed by atoms with Crippen molar-refractivity contribution in [3.63, 3.8) is 0 Å². The second-order valence-electron chi connectivity index (χ2n) is 5.39. The van der Waals surface area contributed by atoms with Crippen LogP contribution in [0.3, 0.4) is 0 Å². The van der Waals surface area contributed by atoms with Gasteiger partial charge in [-0.05, 0) is 36.4 Å². The van der Waals surface area contributed by atoms with Gasteiger partial charge < -0.3 is 5.32 Å². The zero-order valence-electron chi connectivity index (χ0n) is 11.4. The molecule has 18 heavy (non-hydrogen) atoms. The highest BCUT2D eigenvalue weighted by Gasteiger charge is 2.29. The van der Waals surface area contributed by atoms with Gasteiger partial charge >= 0.3 is 0 Å². The van der Waals surface area contributed by atoms with Crippen LogP contribution in [0, 0.1) is 5.41 Å². The van der Waals surface area contributed by atoms with Crippen LogP contribution in [0.1, 0.15) is 25.8 Å². The van der Waals surface area contributed by atoms with Crippen LogP contribution >= 0.6 is 11.8 Å². The summed E-state index contributed by atoms with van der Waals surface area (Å²) in [5.74, 6) is 0. The molecule has 2 unspecified atom stereocenters. The van der Waals surface area contributed by atoms with E-state index in [4.69, 9.17) is 0 Å². The summed E-state index contributed by atoms with van der Waals surface area (Å²) in [4.78, 5) is 1.47. The van der Waals surface area contributed by atoms with Gasteiger partial charge in [-0.15, -0.1) is 18.3 Å². The molecule has 0 amide bonds. The molecule has 2 heteroatoms. The van der Waals surface area contributed by atoms with Crippen molar-refractivity contribution < 1.29 is 0 Å².